The van der Waals surface area contributed by atoms with Crippen LogP contribution < -0.4 is 15.0 Å². The lowest BCUT2D eigenvalue weighted by Gasteiger charge is -2.29. The van der Waals surface area contributed by atoms with Crippen LogP contribution in [-0.2, 0) is 6.42 Å². The van der Waals surface area contributed by atoms with Crippen molar-refractivity contribution in [1.82, 2.24) is 15.3 Å². The molecule has 0 unspecified atom stereocenters. The maximum atomic E-state index is 12.5. The Labute approximate surface area is 164 Å². The van der Waals surface area contributed by atoms with Crippen LogP contribution in [0.25, 0.3) is 11.3 Å². The zero-order chi connectivity index (χ0) is 18.6. The molecule has 2 aliphatic heterocycles. The Morgan fingerprint density at radius 1 is 1.33 bits per heavy atom. The van der Waals surface area contributed by atoms with E-state index in [-0.39, 0.29) is 11.4 Å². The number of ether oxygens (including phenoxy) is 1. The molecule has 0 aliphatic carbocycles. The highest BCUT2D eigenvalue weighted by molar-refractivity contribution is 7.17. The van der Waals surface area contributed by atoms with Crippen LogP contribution in [0.5, 0.6) is 5.75 Å². The zero-order valence-corrected chi connectivity index (χ0v) is 16.6. The summed E-state index contributed by atoms with van der Waals surface area (Å²) in [6.07, 6.45) is 0.737. The summed E-state index contributed by atoms with van der Waals surface area (Å²) in [5.74, 6) is 0.799. The van der Waals surface area contributed by atoms with Crippen molar-refractivity contribution in [3.05, 3.63) is 39.7 Å². The van der Waals surface area contributed by atoms with Gasteiger partial charge in [-0.15, -0.1) is 11.3 Å². The molecule has 0 atom stereocenters. The summed E-state index contributed by atoms with van der Waals surface area (Å²) >= 11 is 3.03. The fourth-order valence-electron chi connectivity index (χ4n) is 3.51. The van der Waals surface area contributed by atoms with E-state index in [4.69, 9.17) is 9.72 Å². The van der Waals surface area contributed by atoms with Crippen molar-refractivity contribution in [3.63, 3.8) is 0 Å². The van der Waals surface area contributed by atoms with Crippen molar-refractivity contribution in [2.24, 2.45) is 0 Å². The third-order valence-electron chi connectivity index (χ3n) is 4.73. The molecule has 8 heteroatoms. The standard InChI is InChI=1S/C19H18N4O2S2/c1-19(2)8-12-16(17(24)22-19)27-18(21-12)23-5-6-25-15-4-3-11(7-14(15)23)13-9-26-10-20-13/h3-4,7,9-10H,5-6,8H2,1-2H3,(H,22,24). The molecule has 0 bridgehead atoms. The monoisotopic (exact) mass is 398 g/mol. The molecular formula is C19H18N4O2S2. The van der Waals surface area contributed by atoms with Crippen LogP contribution >= 0.6 is 22.7 Å². The van der Waals surface area contributed by atoms with E-state index in [0.29, 0.717) is 18.0 Å². The van der Waals surface area contributed by atoms with Gasteiger partial charge in [0.15, 0.2) is 5.13 Å². The Morgan fingerprint density at radius 3 is 3.04 bits per heavy atom. The number of aromatic nitrogens is 2. The summed E-state index contributed by atoms with van der Waals surface area (Å²) in [6.45, 7) is 5.34. The Balaban J connectivity index is 1.57. The number of nitrogens with one attached hydrogen (secondary N) is 1. The number of anilines is 2. The van der Waals surface area contributed by atoms with Gasteiger partial charge in [-0.2, -0.15) is 0 Å². The maximum Gasteiger partial charge on any atom is 0.263 e. The van der Waals surface area contributed by atoms with Gasteiger partial charge in [-0.25, -0.2) is 9.97 Å². The number of thiazole rings is 2. The highest BCUT2D eigenvalue weighted by Gasteiger charge is 2.34. The van der Waals surface area contributed by atoms with Gasteiger partial charge in [0.2, 0.25) is 0 Å². The van der Waals surface area contributed by atoms with Crippen molar-refractivity contribution in [1.29, 1.82) is 0 Å². The van der Waals surface area contributed by atoms with Crippen molar-refractivity contribution in [2.45, 2.75) is 25.8 Å². The number of fused-ring (bicyclic) bond motifs is 2. The number of rotatable bonds is 2. The van der Waals surface area contributed by atoms with E-state index in [0.717, 1.165) is 39.9 Å². The molecule has 0 spiro atoms. The Kier molecular flexibility index (Phi) is 3.73. The quantitative estimate of drug-likeness (QED) is 0.710. The normalized spacial score (nSPS) is 17.7. The molecule has 1 amide bonds. The van der Waals surface area contributed by atoms with Crippen molar-refractivity contribution in [3.8, 4) is 17.0 Å². The van der Waals surface area contributed by atoms with E-state index >= 15 is 0 Å². The average Bonchev–Trinajstić information content (AvgIpc) is 3.29. The largest absolute Gasteiger partial charge is 0.490 e. The Morgan fingerprint density at radius 2 is 2.22 bits per heavy atom. The minimum absolute atomic E-state index is 0.0327. The number of hydrogen-bond acceptors (Lipinski definition) is 7. The second kappa shape index (κ2) is 6.03. The second-order valence-electron chi connectivity index (χ2n) is 7.34. The van der Waals surface area contributed by atoms with Crippen molar-refractivity contribution in [2.75, 3.05) is 18.1 Å². The topological polar surface area (TPSA) is 67.3 Å². The Bertz CT molecular complexity index is 1030. The molecular weight excluding hydrogens is 380 g/mol. The molecule has 0 saturated carbocycles. The predicted octanol–water partition coefficient (Wildman–Crippen LogP) is 3.86. The van der Waals surface area contributed by atoms with E-state index in [1.165, 1.54) is 11.3 Å². The van der Waals surface area contributed by atoms with E-state index in [9.17, 15) is 4.79 Å². The number of nitrogens with zero attached hydrogens (tertiary/aromatic N) is 3. The predicted molar refractivity (Wildman–Crippen MR) is 107 cm³/mol. The smallest absolute Gasteiger partial charge is 0.263 e. The summed E-state index contributed by atoms with van der Waals surface area (Å²) in [7, 11) is 0. The molecule has 2 aliphatic rings. The first-order chi connectivity index (χ1) is 13.0. The molecule has 0 radical (unpaired) electrons. The summed E-state index contributed by atoms with van der Waals surface area (Å²) in [5, 5.41) is 5.93. The number of carbonyl (C=O) groups excluding carboxylic acids is 1. The third kappa shape index (κ3) is 2.89. The van der Waals surface area contributed by atoms with Crippen LogP contribution in [0.1, 0.15) is 29.2 Å². The van der Waals surface area contributed by atoms with E-state index in [1.807, 2.05) is 36.9 Å². The van der Waals surface area contributed by atoms with Crippen LogP contribution in [-0.4, -0.2) is 34.6 Å². The first kappa shape index (κ1) is 16.7. The van der Waals surface area contributed by atoms with E-state index in [1.54, 1.807) is 11.3 Å². The van der Waals surface area contributed by atoms with Gasteiger partial charge < -0.3 is 15.0 Å². The summed E-state index contributed by atoms with van der Waals surface area (Å²) < 4.78 is 5.84. The highest BCUT2D eigenvalue weighted by atomic mass is 32.1. The van der Waals surface area contributed by atoms with Gasteiger partial charge in [-0.05, 0) is 32.0 Å². The van der Waals surface area contributed by atoms with Crippen LogP contribution in [0.4, 0.5) is 10.8 Å². The van der Waals surface area contributed by atoms with Gasteiger partial charge in [0.25, 0.3) is 5.91 Å². The number of amides is 1. The summed E-state index contributed by atoms with van der Waals surface area (Å²) in [5.41, 5.74) is 5.41. The zero-order valence-electron chi connectivity index (χ0n) is 15.0. The van der Waals surface area contributed by atoms with Crippen molar-refractivity contribution >= 4 is 39.4 Å². The molecule has 0 fully saturated rings. The molecule has 0 saturated heterocycles. The van der Waals surface area contributed by atoms with Crippen LogP contribution in [0.2, 0.25) is 0 Å². The molecule has 4 heterocycles. The van der Waals surface area contributed by atoms with E-state index in [2.05, 4.69) is 21.3 Å². The number of benzene rings is 1. The number of hydrogen-bond donors (Lipinski definition) is 1. The average molecular weight is 399 g/mol. The van der Waals surface area contributed by atoms with Crippen LogP contribution in [0.15, 0.2) is 29.1 Å². The molecule has 138 valence electrons. The van der Waals surface area contributed by atoms with Gasteiger partial charge in [0.05, 0.1) is 29.1 Å². The van der Waals surface area contributed by atoms with E-state index < -0.39 is 0 Å². The van der Waals surface area contributed by atoms with Crippen molar-refractivity contribution < 1.29 is 9.53 Å². The maximum absolute atomic E-state index is 12.5. The molecule has 1 aromatic carbocycles. The molecule has 2 aromatic heterocycles. The van der Waals surface area contributed by atoms with Gasteiger partial charge in [0.1, 0.15) is 17.2 Å². The summed E-state index contributed by atoms with van der Waals surface area (Å²) in [6, 6.07) is 6.10. The number of carbonyl (C=O) groups is 1. The lowest BCUT2D eigenvalue weighted by Crippen LogP contribution is -2.48. The lowest BCUT2D eigenvalue weighted by atomic mass is 9.94. The molecule has 3 aromatic rings. The molecule has 6 nitrogen and oxygen atoms in total. The van der Waals surface area contributed by atoms with Gasteiger partial charge >= 0.3 is 0 Å². The highest BCUT2D eigenvalue weighted by Crippen LogP contribution is 2.42. The molecule has 1 N–H and O–H groups in total. The van der Waals surface area contributed by atoms with Gasteiger partial charge in [-0.3, -0.25) is 4.79 Å². The first-order valence-electron chi connectivity index (χ1n) is 8.75. The molecule has 5 rings (SSSR count). The fourth-order valence-corrected chi connectivity index (χ4v) is 5.09. The van der Waals surface area contributed by atoms with Gasteiger partial charge in [-0.1, -0.05) is 11.3 Å². The summed E-state index contributed by atoms with van der Waals surface area (Å²) in [4.78, 5) is 24.6. The molecule has 27 heavy (non-hydrogen) atoms. The van der Waals surface area contributed by atoms with Crippen LogP contribution in [0, 0.1) is 0 Å². The third-order valence-corrected chi connectivity index (χ3v) is 6.44. The minimum atomic E-state index is -0.268. The Hall–Kier alpha value is -2.45. The minimum Gasteiger partial charge on any atom is -0.490 e. The fraction of sp³-hybridized carbons (Fsp3) is 0.316. The second-order valence-corrected chi connectivity index (χ2v) is 9.04. The SMILES string of the molecule is CC1(C)Cc2nc(N3CCOc4ccc(-c5cscn5)cc43)sc2C(=O)N1. The van der Waals surface area contributed by atoms with Crippen LogP contribution in [0.3, 0.4) is 0 Å². The van der Waals surface area contributed by atoms with Gasteiger partial charge in [0, 0.05) is 22.9 Å². The first-order valence-corrected chi connectivity index (χ1v) is 10.5. The lowest BCUT2D eigenvalue weighted by molar-refractivity contribution is 0.0901.